The molecular weight excluding hydrogens is 366 g/mol. The number of carbonyl (C=O) groups excluding carboxylic acids is 1. The van der Waals surface area contributed by atoms with Crippen LogP contribution in [0.15, 0.2) is 84.0 Å². The van der Waals surface area contributed by atoms with Crippen molar-refractivity contribution in [2.75, 3.05) is 19.0 Å². The number of benzene rings is 3. The summed E-state index contributed by atoms with van der Waals surface area (Å²) in [5.74, 6) is 1.26. The van der Waals surface area contributed by atoms with E-state index in [9.17, 15) is 4.79 Å². The Morgan fingerprint density at radius 1 is 0.966 bits per heavy atom. The van der Waals surface area contributed by atoms with Gasteiger partial charge < -0.3 is 14.8 Å². The van der Waals surface area contributed by atoms with E-state index in [4.69, 9.17) is 9.47 Å². The number of anilines is 1. The van der Waals surface area contributed by atoms with Gasteiger partial charge >= 0.3 is 0 Å². The fourth-order valence-electron chi connectivity index (χ4n) is 2.54. The first-order valence-corrected chi connectivity index (χ1v) is 9.19. The second-order valence-corrected chi connectivity index (χ2v) is 6.22. The summed E-state index contributed by atoms with van der Waals surface area (Å²) in [6.07, 6.45) is 1.58. The van der Waals surface area contributed by atoms with Crippen LogP contribution in [0.2, 0.25) is 0 Å². The van der Waals surface area contributed by atoms with Crippen molar-refractivity contribution in [3.63, 3.8) is 0 Å². The van der Waals surface area contributed by atoms with Gasteiger partial charge in [0.15, 0.2) is 0 Å². The summed E-state index contributed by atoms with van der Waals surface area (Å²) < 4.78 is 10.9. The molecule has 0 radical (unpaired) electrons. The van der Waals surface area contributed by atoms with E-state index in [1.165, 1.54) is 0 Å². The summed E-state index contributed by atoms with van der Waals surface area (Å²) in [5.41, 5.74) is 5.26. The van der Waals surface area contributed by atoms with Crippen LogP contribution in [0.3, 0.4) is 0 Å². The first-order chi connectivity index (χ1) is 14.2. The van der Waals surface area contributed by atoms with Gasteiger partial charge in [-0.05, 0) is 47.5 Å². The average Bonchev–Trinajstić information content (AvgIpc) is 2.78. The molecule has 0 saturated carbocycles. The number of amides is 1. The van der Waals surface area contributed by atoms with Crippen LogP contribution in [0.4, 0.5) is 5.69 Å². The Morgan fingerprint density at radius 2 is 1.76 bits per heavy atom. The molecule has 0 heterocycles. The zero-order valence-corrected chi connectivity index (χ0v) is 16.2. The molecule has 0 bridgehead atoms. The molecular formula is C23H23N3O3. The molecule has 3 aromatic rings. The third-order valence-electron chi connectivity index (χ3n) is 4.05. The van der Waals surface area contributed by atoms with Gasteiger partial charge in [-0.25, -0.2) is 5.43 Å². The standard InChI is InChI=1S/C23H23N3O3/c1-28-21-12-10-20(11-13-21)24-16-23(27)26-25-15-19-8-5-9-22(14-19)29-17-18-6-3-2-4-7-18/h2-15,24H,16-17H2,1H3,(H,26,27)/b25-15-. The molecule has 0 aromatic heterocycles. The van der Waals surface area contributed by atoms with Crippen molar-refractivity contribution < 1.29 is 14.3 Å². The van der Waals surface area contributed by atoms with E-state index >= 15 is 0 Å². The van der Waals surface area contributed by atoms with Crippen LogP contribution >= 0.6 is 0 Å². The highest BCUT2D eigenvalue weighted by molar-refractivity contribution is 5.84. The van der Waals surface area contributed by atoms with Crippen LogP contribution in [0.1, 0.15) is 11.1 Å². The molecule has 148 valence electrons. The van der Waals surface area contributed by atoms with E-state index < -0.39 is 0 Å². The van der Waals surface area contributed by atoms with Crippen LogP contribution < -0.4 is 20.2 Å². The molecule has 0 atom stereocenters. The second-order valence-electron chi connectivity index (χ2n) is 6.22. The van der Waals surface area contributed by atoms with E-state index in [-0.39, 0.29) is 12.5 Å². The molecule has 0 aliphatic rings. The number of hydrogen-bond acceptors (Lipinski definition) is 5. The lowest BCUT2D eigenvalue weighted by Gasteiger charge is -2.07. The summed E-state index contributed by atoms with van der Waals surface area (Å²) in [7, 11) is 1.61. The molecule has 1 amide bonds. The highest BCUT2D eigenvalue weighted by atomic mass is 16.5. The topological polar surface area (TPSA) is 72.0 Å². The lowest BCUT2D eigenvalue weighted by Crippen LogP contribution is -2.25. The smallest absolute Gasteiger partial charge is 0.259 e. The van der Waals surface area contributed by atoms with Gasteiger partial charge in [0, 0.05) is 5.69 Å². The Hall–Kier alpha value is -3.80. The average molecular weight is 389 g/mol. The number of rotatable bonds is 9. The third-order valence-corrected chi connectivity index (χ3v) is 4.05. The molecule has 3 rings (SSSR count). The Balaban J connectivity index is 1.44. The van der Waals surface area contributed by atoms with Crippen LogP contribution in [-0.4, -0.2) is 25.8 Å². The molecule has 6 heteroatoms. The monoisotopic (exact) mass is 389 g/mol. The van der Waals surface area contributed by atoms with Crippen molar-refractivity contribution in [3.8, 4) is 11.5 Å². The maximum absolute atomic E-state index is 11.9. The van der Waals surface area contributed by atoms with Gasteiger partial charge in [0.05, 0.1) is 19.9 Å². The quantitative estimate of drug-likeness (QED) is 0.431. The van der Waals surface area contributed by atoms with Crippen molar-refractivity contribution in [1.82, 2.24) is 5.43 Å². The Kier molecular flexibility index (Phi) is 7.23. The van der Waals surface area contributed by atoms with Crippen LogP contribution in [0.25, 0.3) is 0 Å². The molecule has 2 N–H and O–H groups in total. The molecule has 0 spiro atoms. The highest BCUT2D eigenvalue weighted by Gasteiger charge is 2.01. The summed E-state index contributed by atoms with van der Waals surface area (Å²) in [5, 5.41) is 7.02. The lowest BCUT2D eigenvalue weighted by atomic mass is 10.2. The number of carbonyl (C=O) groups is 1. The number of hydrogen-bond donors (Lipinski definition) is 2. The minimum atomic E-state index is -0.242. The van der Waals surface area contributed by atoms with E-state index in [1.807, 2.05) is 78.9 Å². The summed E-state index contributed by atoms with van der Waals surface area (Å²) in [6, 6.07) is 24.8. The van der Waals surface area contributed by atoms with Crippen molar-refractivity contribution in [1.29, 1.82) is 0 Å². The van der Waals surface area contributed by atoms with Gasteiger partial charge in [0.2, 0.25) is 0 Å². The zero-order valence-electron chi connectivity index (χ0n) is 16.2. The minimum Gasteiger partial charge on any atom is -0.497 e. The molecule has 0 aliphatic heterocycles. The maximum Gasteiger partial charge on any atom is 0.259 e. The van der Waals surface area contributed by atoms with E-state index in [1.54, 1.807) is 13.3 Å². The summed E-state index contributed by atoms with van der Waals surface area (Å²) in [6.45, 7) is 0.610. The van der Waals surface area contributed by atoms with Crippen LogP contribution in [-0.2, 0) is 11.4 Å². The molecule has 0 unspecified atom stereocenters. The van der Waals surface area contributed by atoms with E-state index in [2.05, 4.69) is 15.8 Å². The van der Waals surface area contributed by atoms with Gasteiger partial charge in [-0.1, -0.05) is 42.5 Å². The van der Waals surface area contributed by atoms with E-state index in [0.29, 0.717) is 6.61 Å². The lowest BCUT2D eigenvalue weighted by molar-refractivity contribution is -0.119. The largest absolute Gasteiger partial charge is 0.497 e. The molecule has 0 saturated heterocycles. The van der Waals surface area contributed by atoms with Crippen molar-refractivity contribution >= 4 is 17.8 Å². The van der Waals surface area contributed by atoms with Crippen molar-refractivity contribution in [2.24, 2.45) is 5.10 Å². The fourth-order valence-corrected chi connectivity index (χ4v) is 2.54. The molecule has 0 fully saturated rings. The Morgan fingerprint density at radius 3 is 2.52 bits per heavy atom. The van der Waals surface area contributed by atoms with Gasteiger partial charge in [0.25, 0.3) is 5.91 Å². The molecule has 6 nitrogen and oxygen atoms in total. The number of nitrogens with one attached hydrogen (secondary N) is 2. The summed E-state index contributed by atoms with van der Waals surface area (Å²) >= 11 is 0. The second kappa shape index (κ2) is 10.5. The number of methoxy groups -OCH3 is 1. The first kappa shape index (κ1) is 19.9. The third kappa shape index (κ3) is 6.70. The highest BCUT2D eigenvalue weighted by Crippen LogP contribution is 2.15. The SMILES string of the molecule is COc1ccc(NCC(=O)N/N=C\c2cccc(OCc3ccccc3)c2)cc1. The fraction of sp³-hybridized carbons (Fsp3) is 0.130. The van der Waals surface area contributed by atoms with Gasteiger partial charge in [-0.3, -0.25) is 4.79 Å². The summed E-state index contributed by atoms with van der Waals surface area (Å²) in [4.78, 5) is 11.9. The maximum atomic E-state index is 11.9. The zero-order chi connectivity index (χ0) is 20.3. The number of ether oxygens (including phenoxy) is 2. The van der Waals surface area contributed by atoms with Crippen LogP contribution in [0.5, 0.6) is 11.5 Å². The number of hydrazone groups is 1. The Bertz CT molecular complexity index is 941. The van der Waals surface area contributed by atoms with Crippen molar-refractivity contribution in [2.45, 2.75) is 6.61 Å². The number of nitrogens with zero attached hydrogens (tertiary/aromatic N) is 1. The Labute approximate surface area is 170 Å². The first-order valence-electron chi connectivity index (χ1n) is 9.19. The van der Waals surface area contributed by atoms with Gasteiger partial charge in [-0.2, -0.15) is 5.10 Å². The minimum absolute atomic E-state index is 0.115. The van der Waals surface area contributed by atoms with Crippen molar-refractivity contribution in [3.05, 3.63) is 90.0 Å². The predicted octanol–water partition coefficient (Wildman–Crippen LogP) is 3.84. The van der Waals surface area contributed by atoms with E-state index in [0.717, 1.165) is 28.3 Å². The predicted molar refractivity (Wildman–Crippen MR) is 114 cm³/mol. The van der Waals surface area contributed by atoms with Crippen LogP contribution in [0, 0.1) is 0 Å². The van der Waals surface area contributed by atoms with Gasteiger partial charge in [-0.15, -0.1) is 0 Å². The molecule has 0 aliphatic carbocycles. The van der Waals surface area contributed by atoms with Gasteiger partial charge in [0.1, 0.15) is 18.1 Å². The normalized spacial score (nSPS) is 10.5. The molecule has 29 heavy (non-hydrogen) atoms. The molecule has 3 aromatic carbocycles.